The molecule has 15 heavy (non-hydrogen) atoms. The second kappa shape index (κ2) is 5.11. The Bertz CT molecular complexity index is 253. The third-order valence-corrected chi connectivity index (χ3v) is 2.64. The zero-order chi connectivity index (χ0) is 11.4. The van der Waals surface area contributed by atoms with Crippen LogP contribution in [0.15, 0.2) is 0 Å². The van der Waals surface area contributed by atoms with Crippen LogP contribution in [0.3, 0.4) is 0 Å². The molecule has 1 saturated heterocycles. The fourth-order valence-corrected chi connectivity index (χ4v) is 1.52. The van der Waals surface area contributed by atoms with Crippen molar-refractivity contribution in [2.45, 2.75) is 38.8 Å². The van der Waals surface area contributed by atoms with Gasteiger partial charge >= 0.3 is 0 Å². The molecule has 1 rings (SSSR count). The van der Waals surface area contributed by atoms with E-state index in [1.165, 1.54) is 0 Å². The maximum Gasteiger partial charge on any atom is 0.242 e. The first-order valence-corrected chi connectivity index (χ1v) is 5.25. The second-order valence-electron chi connectivity index (χ2n) is 4.20. The van der Waals surface area contributed by atoms with E-state index in [-0.39, 0.29) is 30.4 Å². The normalized spacial score (nSPS) is 22.7. The molecule has 0 saturated carbocycles. The molecule has 0 bridgehead atoms. The van der Waals surface area contributed by atoms with Gasteiger partial charge in [0, 0.05) is 6.42 Å². The Morgan fingerprint density at radius 2 is 2.33 bits per heavy atom. The molecule has 1 aliphatic heterocycles. The van der Waals surface area contributed by atoms with Crippen molar-refractivity contribution in [2.24, 2.45) is 5.92 Å². The molecule has 0 aromatic heterocycles. The number of hydrogen-bond donors (Lipinski definition) is 3. The summed E-state index contributed by atoms with van der Waals surface area (Å²) in [7, 11) is 0. The summed E-state index contributed by atoms with van der Waals surface area (Å²) in [4.78, 5) is 22.5. The zero-order valence-electron chi connectivity index (χ0n) is 9.12. The van der Waals surface area contributed by atoms with E-state index >= 15 is 0 Å². The standard InChI is InChI=1S/C10H18N2O3/c1-6(2)8(5-13)12-10(15)7-3-4-9(14)11-7/h6-8,13H,3-5H2,1-2H3,(H,11,14)(H,12,15)/t7-,8?/m0/s1. The van der Waals surface area contributed by atoms with Crippen molar-refractivity contribution in [3.05, 3.63) is 0 Å². The molecule has 2 amide bonds. The molecular formula is C10H18N2O3. The molecule has 0 spiro atoms. The van der Waals surface area contributed by atoms with Crippen molar-refractivity contribution >= 4 is 11.8 Å². The minimum absolute atomic E-state index is 0.0793. The summed E-state index contributed by atoms with van der Waals surface area (Å²) in [6, 6.07) is -0.666. The largest absolute Gasteiger partial charge is 0.394 e. The van der Waals surface area contributed by atoms with E-state index in [0.29, 0.717) is 12.8 Å². The molecule has 2 atom stereocenters. The molecular weight excluding hydrogens is 196 g/mol. The molecule has 1 aliphatic rings. The fraction of sp³-hybridized carbons (Fsp3) is 0.800. The quantitative estimate of drug-likeness (QED) is 0.584. The lowest BCUT2D eigenvalue weighted by atomic mass is 10.0. The number of amides is 2. The Morgan fingerprint density at radius 1 is 1.67 bits per heavy atom. The monoisotopic (exact) mass is 214 g/mol. The molecule has 1 heterocycles. The zero-order valence-corrected chi connectivity index (χ0v) is 9.12. The molecule has 0 aromatic carbocycles. The SMILES string of the molecule is CC(C)C(CO)NC(=O)[C@@H]1CCC(=O)N1. The van der Waals surface area contributed by atoms with Gasteiger partial charge in [-0.3, -0.25) is 9.59 Å². The number of aliphatic hydroxyl groups is 1. The first-order valence-electron chi connectivity index (χ1n) is 5.25. The van der Waals surface area contributed by atoms with Crippen molar-refractivity contribution in [3.8, 4) is 0 Å². The molecule has 3 N–H and O–H groups in total. The smallest absolute Gasteiger partial charge is 0.242 e. The highest BCUT2D eigenvalue weighted by atomic mass is 16.3. The van der Waals surface area contributed by atoms with Gasteiger partial charge in [0.15, 0.2) is 0 Å². The number of carbonyl (C=O) groups is 2. The number of carbonyl (C=O) groups excluding carboxylic acids is 2. The summed E-state index contributed by atoms with van der Waals surface area (Å²) in [5, 5.41) is 14.4. The van der Waals surface area contributed by atoms with Crippen molar-refractivity contribution in [3.63, 3.8) is 0 Å². The van der Waals surface area contributed by atoms with E-state index in [1.807, 2.05) is 13.8 Å². The molecule has 1 fully saturated rings. The maximum absolute atomic E-state index is 11.6. The third-order valence-electron chi connectivity index (χ3n) is 2.64. The minimum atomic E-state index is -0.426. The van der Waals surface area contributed by atoms with Gasteiger partial charge in [-0.05, 0) is 12.3 Å². The highest BCUT2D eigenvalue weighted by Gasteiger charge is 2.28. The van der Waals surface area contributed by atoms with Crippen LogP contribution in [0, 0.1) is 5.92 Å². The number of nitrogens with one attached hydrogen (secondary N) is 2. The summed E-state index contributed by atoms with van der Waals surface area (Å²) >= 11 is 0. The molecule has 5 nitrogen and oxygen atoms in total. The van der Waals surface area contributed by atoms with Crippen molar-refractivity contribution in [1.82, 2.24) is 10.6 Å². The molecule has 86 valence electrons. The van der Waals surface area contributed by atoms with Gasteiger partial charge in [0.05, 0.1) is 12.6 Å². The fourth-order valence-electron chi connectivity index (χ4n) is 1.52. The molecule has 0 aliphatic carbocycles. The summed E-state index contributed by atoms with van der Waals surface area (Å²) in [6.45, 7) is 3.77. The van der Waals surface area contributed by atoms with Crippen LogP contribution in [-0.2, 0) is 9.59 Å². The third kappa shape index (κ3) is 3.20. The first kappa shape index (κ1) is 12.0. The van der Waals surface area contributed by atoms with Gasteiger partial charge < -0.3 is 15.7 Å². The van der Waals surface area contributed by atoms with E-state index in [0.717, 1.165) is 0 Å². The topological polar surface area (TPSA) is 78.4 Å². The van der Waals surface area contributed by atoms with Crippen LogP contribution in [0.4, 0.5) is 0 Å². The molecule has 0 aromatic rings. The lowest BCUT2D eigenvalue weighted by Crippen LogP contribution is -2.49. The van der Waals surface area contributed by atoms with Gasteiger partial charge in [0.2, 0.25) is 11.8 Å². The Kier molecular flexibility index (Phi) is 4.08. The Hall–Kier alpha value is -1.10. The van der Waals surface area contributed by atoms with Gasteiger partial charge in [0.25, 0.3) is 0 Å². The van der Waals surface area contributed by atoms with E-state index < -0.39 is 6.04 Å². The van der Waals surface area contributed by atoms with Gasteiger partial charge in [-0.1, -0.05) is 13.8 Å². The van der Waals surface area contributed by atoms with Crippen LogP contribution in [0.25, 0.3) is 0 Å². The second-order valence-corrected chi connectivity index (χ2v) is 4.20. The number of aliphatic hydroxyl groups excluding tert-OH is 1. The van der Waals surface area contributed by atoms with Crippen LogP contribution in [0.2, 0.25) is 0 Å². The Balaban J connectivity index is 2.44. The number of rotatable bonds is 4. The molecule has 5 heteroatoms. The summed E-state index contributed by atoms with van der Waals surface area (Å²) in [5.41, 5.74) is 0. The molecule has 0 radical (unpaired) electrons. The van der Waals surface area contributed by atoms with Crippen molar-refractivity contribution in [2.75, 3.05) is 6.61 Å². The predicted molar refractivity (Wildman–Crippen MR) is 55.0 cm³/mol. The minimum Gasteiger partial charge on any atom is -0.394 e. The lowest BCUT2D eigenvalue weighted by molar-refractivity contribution is -0.126. The highest BCUT2D eigenvalue weighted by molar-refractivity contribution is 5.90. The average molecular weight is 214 g/mol. The van der Waals surface area contributed by atoms with E-state index in [1.54, 1.807) is 0 Å². The maximum atomic E-state index is 11.6. The predicted octanol–water partition coefficient (Wildman–Crippen LogP) is -0.602. The van der Waals surface area contributed by atoms with E-state index in [2.05, 4.69) is 10.6 Å². The van der Waals surface area contributed by atoms with Crippen LogP contribution in [0.1, 0.15) is 26.7 Å². The van der Waals surface area contributed by atoms with E-state index in [9.17, 15) is 9.59 Å². The van der Waals surface area contributed by atoms with Crippen molar-refractivity contribution < 1.29 is 14.7 Å². The van der Waals surface area contributed by atoms with Crippen LogP contribution in [-0.4, -0.2) is 35.6 Å². The highest BCUT2D eigenvalue weighted by Crippen LogP contribution is 2.08. The summed E-state index contributed by atoms with van der Waals surface area (Å²) in [5.74, 6) is -0.107. The summed E-state index contributed by atoms with van der Waals surface area (Å²) in [6.07, 6.45) is 0.949. The van der Waals surface area contributed by atoms with Crippen molar-refractivity contribution in [1.29, 1.82) is 0 Å². The van der Waals surface area contributed by atoms with Crippen LogP contribution < -0.4 is 10.6 Å². The lowest BCUT2D eigenvalue weighted by Gasteiger charge is -2.21. The van der Waals surface area contributed by atoms with Gasteiger partial charge in [-0.2, -0.15) is 0 Å². The average Bonchev–Trinajstić information content (AvgIpc) is 2.60. The Morgan fingerprint density at radius 3 is 2.73 bits per heavy atom. The van der Waals surface area contributed by atoms with Gasteiger partial charge in [0.1, 0.15) is 6.04 Å². The van der Waals surface area contributed by atoms with Gasteiger partial charge in [-0.15, -0.1) is 0 Å². The van der Waals surface area contributed by atoms with Crippen LogP contribution in [0.5, 0.6) is 0 Å². The van der Waals surface area contributed by atoms with E-state index in [4.69, 9.17) is 5.11 Å². The number of hydrogen-bond acceptors (Lipinski definition) is 3. The van der Waals surface area contributed by atoms with Crippen LogP contribution >= 0.6 is 0 Å². The van der Waals surface area contributed by atoms with Gasteiger partial charge in [-0.25, -0.2) is 0 Å². The summed E-state index contributed by atoms with van der Waals surface area (Å²) < 4.78 is 0. The molecule has 1 unspecified atom stereocenters. The Labute approximate surface area is 89.2 Å². The first-order chi connectivity index (χ1) is 7.04.